The van der Waals surface area contributed by atoms with Gasteiger partial charge in [-0.25, -0.2) is 8.78 Å². The van der Waals surface area contributed by atoms with Gasteiger partial charge in [-0.05, 0) is 100 Å². The molecule has 2 aromatic carbocycles. The minimum Gasteiger partial charge on any atom is -0.493 e. The van der Waals surface area contributed by atoms with Crippen molar-refractivity contribution >= 4 is 17.8 Å². The Morgan fingerprint density at radius 3 is 2.09 bits per heavy atom. The predicted molar refractivity (Wildman–Crippen MR) is 203 cm³/mol. The van der Waals surface area contributed by atoms with Crippen LogP contribution in [0.2, 0.25) is 0 Å². The third kappa shape index (κ3) is 8.52. The van der Waals surface area contributed by atoms with E-state index in [9.17, 15) is 23.2 Å². The van der Waals surface area contributed by atoms with E-state index in [0.717, 1.165) is 18.4 Å². The lowest BCUT2D eigenvalue weighted by molar-refractivity contribution is -0.147. The van der Waals surface area contributed by atoms with Crippen LogP contribution >= 0.6 is 0 Å². The molecule has 3 saturated heterocycles. The predicted octanol–water partition coefficient (Wildman–Crippen LogP) is 5.23. The van der Waals surface area contributed by atoms with E-state index >= 15 is 0 Å². The summed E-state index contributed by atoms with van der Waals surface area (Å²) in [6, 6.07) is 7.34. The largest absolute Gasteiger partial charge is 0.493 e. The number of likely N-dealkylation sites (tertiary alicyclic amines) is 2. The highest BCUT2D eigenvalue weighted by Gasteiger charge is 2.47. The van der Waals surface area contributed by atoms with Gasteiger partial charge in [0, 0.05) is 50.2 Å². The summed E-state index contributed by atoms with van der Waals surface area (Å²) >= 11 is 0. The molecule has 6 rings (SSSR count). The maximum atomic E-state index is 14.8. The molecule has 0 bridgehead atoms. The SMILES string of the molecule is CCOC(=O)CN1CCN(C(=O)C2(C3=CCCC=C3)CCN(CCC3(c4ccc(F)c(F)c4)CCN(C(=O)c4cc(OC)c(OC)c(OC)c4)C3)CC2)CC1. The fraction of sp³-hybridized carbons (Fsp3) is 0.548. The van der Waals surface area contributed by atoms with Gasteiger partial charge in [0.15, 0.2) is 23.1 Å². The van der Waals surface area contributed by atoms with Crippen molar-refractivity contribution in [2.24, 2.45) is 5.41 Å². The van der Waals surface area contributed by atoms with Crippen LogP contribution < -0.4 is 14.2 Å². The standard InChI is InChI=1S/C42H54F2N4O7/c1-5-55-37(49)28-46-21-23-47(24-22-46)40(51)42(31-9-7-6-8-10-31)15-18-45(19-16-42)17-13-41(32-11-12-33(43)34(44)27-32)14-20-48(29-41)39(50)30-25-35(52-2)38(54-4)36(26-30)53-3/h7,9-12,25-27H,5-6,8,13-24,28-29H2,1-4H3. The van der Waals surface area contributed by atoms with Crippen LogP contribution in [0.1, 0.15) is 61.4 Å². The molecule has 3 aliphatic heterocycles. The van der Waals surface area contributed by atoms with Crippen molar-refractivity contribution in [3.63, 3.8) is 0 Å². The Morgan fingerprint density at radius 1 is 0.782 bits per heavy atom. The van der Waals surface area contributed by atoms with Crippen LogP contribution in [-0.2, 0) is 19.7 Å². The van der Waals surface area contributed by atoms with E-state index in [4.69, 9.17) is 18.9 Å². The van der Waals surface area contributed by atoms with Gasteiger partial charge in [-0.1, -0.05) is 24.3 Å². The Hall–Kier alpha value is -4.49. The van der Waals surface area contributed by atoms with Gasteiger partial charge in [0.2, 0.25) is 11.7 Å². The average molecular weight is 765 g/mol. The Kier molecular flexibility index (Phi) is 12.8. The molecule has 298 valence electrons. The zero-order valence-corrected chi connectivity index (χ0v) is 32.5. The summed E-state index contributed by atoms with van der Waals surface area (Å²) in [6.07, 6.45) is 10.9. The van der Waals surface area contributed by atoms with E-state index in [1.54, 1.807) is 30.0 Å². The quantitative estimate of drug-likeness (QED) is 0.254. The van der Waals surface area contributed by atoms with Crippen molar-refractivity contribution in [2.75, 3.05) is 93.4 Å². The number of piperazine rings is 1. The minimum absolute atomic E-state index is 0.149. The number of carbonyl (C=O) groups is 3. The number of ether oxygens (including phenoxy) is 4. The molecule has 1 unspecified atom stereocenters. The number of benzene rings is 2. The Bertz CT molecular complexity index is 1760. The highest BCUT2D eigenvalue weighted by Crippen LogP contribution is 2.45. The first-order valence-electron chi connectivity index (χ1n) is 19.4. The third-order valence-electron chi connectivity index (χ3n) is 12.0. The van der Waals surface area contributed by atoms with Gasteiger partial charge in [0.1, 0.15) is 0 Å². The van der Waals surface area contributed by atoms with Crippen molar-refractivity contribution in [3.8, 4) is 17.2 Å². The van der Waals surface area contributed by atoms with Gasteiger partial charge in [-0.15, -0.1) is 0 Å². The fourth-order valence-corrected chi connectivity index (χ4v) is 8.77. The number of halogens is 2. The maximum absolute atomic E-state index is 14.8. The topological polar surface area (TPSA) is 101 Å². The number of piperidine rings is 1. The van der Waals surface area contributed by atoms with Gasteiger partial charge in [-0.3, -0.25) is 19.3 Å². The Balaban J connectivity index is 1.17. The summed E-state index contributed by atoms with van der Waals surface area (Å²) in [7, 11) is 4.49. The molecule has 0 spiro atoms. The third-order valence-corrected chi connectivity index (χ3v) is 12.0. The monoisotopic (exact) mass is 764 g/mol. The van der Waals surface area contributed by atoms with Crippen LogP contribution in [-0.4, -0.2) is 131 Å². The normalized spacial score (nSPS) is 21.6. The van der Waals surface area contributed by atoms with E-state index in [1.165, 1.54) is 33.5 Å². The summed E-state index contributed by atoms with van der Waals surface area (Å²) < 4.78 is 50.5. The summed E-state index contributed by atoms with van der Waals surface area (Å²) in [5.41, 5.74) is 0.873. The Labute approximate surface area is 322 Å². The molecule has 0 aromatic heterocycles. The molecule has 3 heterocycles. The van der Waals surface area contributed by atoms with Crippen molar-refractivity contribution in [3.05, 3.63) is 76.9 Å². The molecule has 4 aliphatic rings. The molecule has 55 heavy (non-hydrogen) atoms. The lowest BCUT2D eigenvalue weighted by Gasteiger charge is -2.46. The average Bonchev–Trinajstić information content (AvgIpc) is 3.66. The highest BCUT2D eigenvalue weighted by atomic mass is 19.2. The zero-order valence-electron chi connectivity index (χ0n) is 32.5. The number of nitrogens with zero attached hydrogens (tertiary/aromatic N) is 4. The second-order valence-corrected chi connectivity index (χ2v) is 15.0. The first-order chi connectivity index (χ1) is 26.6. The van der Waals surface area contributed by atoms with Gasteiger partial charge in [0.25, 0.3) is 5.91 Å². The molecule has 11 nitrogen and oxygen atoms in total. The molecule has 13 heteroatoms. The Morgan fingerprint density at radius 2 is 1.49 bits per heavy atom. The number of hydrogen-bond acceptors (Lipinski definition) is 9. The van der Waals surface area contributed by atoms with E-state index < -0.39 is 22.5 Å². The summed E-state index contributed by atoms with van der Waals surface area (Å²) in [5, 5.41) is 0. The molecule has 0 saturated carbocycles. The molecule has 0 radical (unpaired) electrons. The van der Waals surface area contributed by atoms with Gasteiger partial charge in [0.05, 0.1) is 39.9 Å². The molecular formula is C42H54F2N4O7. The van der Waals surface area contributed by atoms with E-state index in [0.29, 0.717) is 120 Å². The van der Waals surface area contributed by atoms with E-state index in [-0.39, 0.29) is 24.3 Å². The lowest BCUT2D eigenvalue weighted by Crippen LogP contribution is -2.56. The number of rotatable bonds is 13. The van der Waals surface area contributed by atoms with Crippen molar-refractivity contribution in [1.82, 2.24) is 19.6 Å². The summed E-state index contributed by atoms with van der Waals surface area (Å²) in [6.45, 7) is 7.53. The fourth-order valence-electron chi connectivity index (χ4n) is 8.77. The summed E-state index contributed by atoms with van der Waals surface area (Å²) in [5.74, 6) is -1.02. The molecule has 3 fully saturated rings. The van der Waals surface area contributed by atoms with Crippen LogP contribution in [0.5, 0.6) is 17.2 Å². The van der Waals surface area contributed by atoms with Gasteiger partial charge >= 0.3 is 5.97 Å². The second kappa shape index (κ2) is 17.5. The van der Waals surface area contributed by atoms with Crippen molar-refractivity contribution < 1.29 is 42.1 Å². The van der Waals surface area contributed by atoms with Crippen molar-refractivity contribution in [2.45, 2.75) is 50.9 Å². The van der Waals surface area contributed by atoms with E-state index in [2.05, 4.69) is 23.1 Å². The molecular weight excluding hydrogens is 710 g/mol. The molecule has 1 aliphatic carbocycles. The number of esters is 1. The van der Waals surface area contributed by atoms with Crippen LogP contribution in [0, 0.1) is 17.0 Å². The van der Waals surface area contributed by atoms with Crippen LogP contribution in [0.4, 0.5) is 8.78 Å². The number of amides is 2. The molecule has 2 aromatic rings. The lowest BCUT2D eigenvalue weighted by atomic mass is 9.69. The number of hydrogen-bond donors (Lipinski definition) is 0. The maximum Gasteiger partial charge on any atom is 0.320 e. The zero-order chi connectivity index (χ0) is 39.2. The molecule has 1 atom stereocenters. The van der Waals surface area contributed by atoms with Crippen LogP contribution in [0.15, 0.2) is 54.1 Å². The minimum atomic E-state index is -0.914. The van der Waals surface area contributed by atoms with Gasteiger partial charge < -0.3 is 33.6 Å². The second-order valence-electron chi connectivity index (χ2n) is 15.0. The molecule has 2 amide bonds. The first-order valence-corrected chi connectivity index (χ1v) is 19.4. The smallest absolute Gasteiger partial charge is 0.320 e. The number of allylic oxidation sites excluding steroid dienone is 3. The van der Waals surface area contributed by atoms with Crippen molar-refractivity contribution in [1.29, 1.82) is 0 Å². The summed E-state index contributed by atoms with van der Waals surface area (Å²) in [4.78, 5) is 48.7. The number of carbonyl (C=O) groups excluding carboxylic acids is 3. The van der Waals surface area contributed by atoms with Crippen LogP contribution in [0.25, 0.3) is 0 Å². The van der Waals surface area contributed by atoms with E-state index in [1.807, 2.05) is 9.80 Å². The molecule has 0 N–H and O–H groups in total. The first kappa shape index (κ1) is 40.2. The van der Waals surface area contributed by atoms with Gasteiger partial charge in [-0.2, -0.15) is 0 Å². The van der Waals surface area contributed by atoms with Crippen LogP contribution in [0.3, 0.4) is 0 Å². The highest BCUT2D eigenvalue weighted by molar-refractivity contribution is 5.96. The number of methoxy groups -OCH3 is 3.